The summed E-state index contributed by atoms with van der Waals surface area (Å²) >= 11 is 0. The molecule has 0 saturated heterocycles. The third-order valence-corrected chi connectivity index (χ3v) is 2.33. The fourth-order valence-electron chi connectivity index (χ4n) is 1.46. The van der Waals surface area contributed by atoms with Crippen molar-refractivity contribution in [2.45, 2.75) is 12.6 Å². The van der Waals surface area contributed by atoms with Crippen molar-refractivity contribution in [3.05, 3.63) is 33.9 Å². The molecule has 0 heterocycles. The van der Waals surface area contributed by atoms with Crippen LogP contribution in [0.4, 0.5) is 33.3 Å². The Hall–Kier alpha value is -1.97. The number of rotatable bonds is 7. The van der Waals surface area contributed by atoms with Gasteiger partial charge >= 0.3 is 6.18 Å². The van der Waals surface area contributed by atoms with Gasteiger partial charge in [0.15, 0.2) is 0 Å². The zero-order chi connectivity index (χ0) is 16.0. The molecule has 0 aliphatic rings. The van der Waals surface area contributed by atoms with Crippen LogP contribution in [0.15, 0.2) is 18.2 Å². The van der Waals surface area contributed by atoms with Gasteiger partial charge in [0.2, 0.25) is 0 Å². The Balaban J connectivity index is 2.75. The van der Waals surface area contributed by atoms with E-state index in [1.165, 1.54) is 0 Å². The summed E-state index contributed by atoms with van der Waals surface area (Å²) in [7, 11) is 0. The standard InChI is InChI=1S/C11H11F5N2O3/c12-10(13)6-21-4-3-17-9-2-1-7(18(19)20)5-8(9)11(14,15)16/h1-2,5,10,17H,3-4,6H2. The zero-order valence-electron chi connectivity index (χ0n) is 10.5. The van der Waals surface area contributed by atoms with E-state index in [1.807, 2.05) is 0 Å². The lowest BCUT2D eigenvalue weighted by atomic mass is 10.1. The minimum Gasteiger partial charge on any atom is -0.382 e. The van der Waals surface area contributed by atoms with Crippen molar-refractivity contribution in [3.8, 4) is 0 Å². The Morgan fingerprint density at radius 1 is 1.33 bits per heavy atom. The highest BCUT2D eigenvalue weighted by atomic mass is 19.4. The molecular formula is C11H11F5N2O3. The van der Waals surface area contributed by atoms with Crippen LogP contribution in [0.25, 0.3) is 0 Å². The summed E-state index contributed by atoms with van der Waals surface area (Å²) in [6.07, 6.45) is -7.44. The number of alkyl halides is 5. The first-order valence-electron chi connectivity index (χ1n) is 5.67. The summed E-state index contributed by atoms with van der Waals surface area (Å²) in [5.41, 5.74) is -2.28. The minimum absolute atomic E-state index is 0.145. The number of nitrogens with zero attached hydrogens (tertiary/aromatic N) is 1. The quantitative estimate of drug-likeness (QED) is 0.363. The van der Waals surface area contributed by atoms with Crippen molar-refractivity contribution >= 4 is 11.4 Å². The molecule has 118 valence electrons. The van der Waals surface area contributed by atoms with Crippen LogP contribution in [0.5, 0.6) is 0 Å². The summed E-state index contributed by atoms with van der Waals surface area (Å²) in [4.78, 5) is 9.54. The lowest BCUT2D eigenvalue weighted by molar-refractivity contribution is -0.385. The van der Waals surface area contributed by atoms with E-state index in [0.717, 1.165) is 12.1 Å². The van der Waals surface area contributed by atoms with Crippen molar-refractivity contribution in [1.82, 2.24) is 0 Å². The van der Waals surface area contributed by atoms with Gasteiger partial charge in [-0.15, -0.1) is 0 Å². The first kappa shape index (κ1) is 17.1. The summed E-state index contributed by atoms with van der Waals surface area (Å²) in [6.45, 7) is -1.18. The van der Waals surface area contributed by atoms with E-state index in [4.69, 9.17) is 0 Å². The van der Waals surface area contributed by atoms with Gasteiger partial charge in [0.25, 0.3) is 12.1 Å². The van der Waals surface area contributed by atoms with Crippen LogP contribution in [0.3, 0.4) is 0 Å². The molecule has 10 heteroatoms. The van der Waals surface area contributed by atoms with Gasteiger partial charge in [-0.3, -0.25) is 10.1 Å². The summed E-state index contributed by atoms with van der Waals surface area (Å²) < 4.78 is 66.4. The molecule has 0 aliphatic heterocycles. The number of hydrogen-bond acceptors (Lipinski definition) is 4. The molecule has 0 unspecified atom stereocenters. The molecule has 1 aromatic rings. The van der Waals surface area contributed by atoms with Crippen molar-refractivity contribution in [2.75, 3.05) is 25.1 Å². The van der Waals surface area contributed by atoms with Crippen molar-refractivity contribution in [2.24, 2.45) is 0 Å². The molecule has 5 nitrogen and oxygen atoms in total. The molecule has 1 aromatic carbocycles. The van der Waals surface area contributed by atoms with Gasteiger partial charge in [0.05, 0.1) is 17.1 Å². The number of halogens is 5. The molecule has 0 amide bonds. The van der Waals surface area contributed by atoms with Gasteiger partial charge in [0, 0.05) is 24.4 Å². The van der Waals surface area contributed by atoms with E-state index in [2.05, 4.69) is 10.1 Å². The molecule has 0 saturated carbocycles. The molecule has 0 fully saturated rings. The van der Waals surface area contributed by atoms with E-state index in [-0.39, 0.29) is 18.8 Å². The predicted octanol–water partition coefficient (Wildman–Crippen LogP) is 3.31. The smallest absolute Gasteiger partial charge is 0.382 e. The third kappa shape index (κ3) is 5.50. The molecule has 0 atom stereocenters. The maximum absolute atomic E-state index is 12.8. The van der Waals surface area contributed by atoms with Crippen LogP contribution < -0.4 is 5.32 Å². The number of non-ortho nitro benzene ring substituents is 1. The zero-order valence-corrected chi connectivity index (χ0v) is 10.5. The van der Waals surface area contributed by atoms with Gasteiger partial charge in [0.1, 0.15) is 6.61 Å². The molecule has 1 rings (SSSR count). The van der Waals surface area contributed by atoms with E-state index in [1.54, 1.807) is 0 Å². The normalized spacial score (nSPS) is 11.7. The lowest BCUT2D eigenvalue weighted by Crippen LogP contribution is -2.16. The maximum atomic E-state index is 12.8. The Morgan fingerprint density at radius 2 is 2.00 bits per heavy atom. The van der Waals surface area contributed by atoms with Crippen LogP contribution in [0.2, 0.25) is 0 Å². The first-order chi connectivity index (χ1) is 9.71. The van der Waals surface area contributed by atoms with Crippen molar-refractivity contribution in [1.29, 1.82) is 0 Å². The molecule has 21 heavy (non-hydrogen) atoms. The summed E-state index contributed by atoms with van der Waals surface area (Å²) in [5.74, 6) is 0. The SMILES string of the molecule is O=[N+]([O-])c1ccc(NCCOCC(F)F)c(C(F)(F)F)c1. The highest BCUT2D eigenvalue weighted by Gasteiger charge is 2.35. The number of nitrogens with one attached hydrogen (secondary N) is 1. The Morgan fingerprint density at radius 3 is 2.52 bits per heavy atom. The molecule has 0 aromatic heterocycles. The Kier molecular flexibility index (Phi) is 5.82. The van der Waals surface area contributed by atoms with Gasteiger partial charge in [-0.25, -0.2) is 8.78 Å². The average molecular weight is 314 g/mol. The number of ether oxygens (including phenoxy) is 1. The van der Waals surface area contributed by atoms with E-state index >= 15 is 0 Å². The van der Waals surface area contributed by atoms with E-state index in [9.17, 15) is 32.1 Å². The highest BCUT2D eigenvalue weighted by Crippen LogP contribution is 2.36. The van der Waals surface area contributed by atoms with Crippen LogP contribution in [0, 0.1) is 10.1 Å². The van der Waals surface area contributed by atoms with Gasteiger partial charge in [-0.05, 0) is 6.07 Å². The molecule has 1 N–H and O–H groups in total. The topological polar surface area (TPSA) is 64.4 Å². The monoisotopic (exact) mass is 314 g/mol. The second-order valence-corrected chi connectivity index (χ2v) is 3.88. The highest BCUT2D eigenvalue weighted by molar-refractivity contribution is 5.57. The summed E-state index contributed by atoms with van der Waals surface area (Å²) in [5, 5.41) is 12.8. The molecule has 0 bridgehead atoms. The van der Waals surface area contributed by atoms with Gasteiger partial charge in [-0.2, -0.15) is 13.2 Å². The van der Waals surface area contributed by atoms with Crippen LogP contribution in [-0.4, -0.2) is 31.1 Å². The lowest BCUT2D eigenvalue weighted by Gasteiger charge is -2.14. The molecular weight excluding hydrogens is 303 g/mol. The second-order valence-electron chi connectivity index (χ2n) is 3.88. The van der Waals surface area contributed by atoms with Crippen LogP contribution in [0.1, 0.15) is 5.56 Å². The molecule has 0 radical (unpaired) electrons. The van der Waals surface area contributed by atoms with Crippen molar-refractivity contribution < 1.29 is 31.6 Å². The fraction of sp³-hybridized carbons (Fsp3) is 0.455. The number of nitro groups is 1. The molecule has 0 spiro atoms. The maximum Gasteiger partial charge on any atom is 0.418 e. The minimum atomic E-state index is -4.78. The van der Waals surface area contributed by atoms with Gasteiger partial charge < -0.3 is 10.1 Å². The van der Waals surface area contributed by atoms with E-state index in [0.29, 0.717) is 6.07 Å². The largest absolute Gasteiger partial charge is 0.418 e. The van der Waals surface area contributed by atoms with Gasteiger partial charge in [-0.1, -0.05) is 0 Å². The Bertz CT molecular complexity index is 493. The van der Waals surface area contributed by atoms with E-state index < -0.39 is 35.4 Å². The predicted molar refractivity (Wildman–Crippen MR) is 63.4 cm³/mol. The molecule has 0 aliphatic carbocycles. The summed E-state index contributed by atoms with van der Waals surface area (Å²) in [6, 6.07) is 2.23. The van der Waals surface area contributed by atoms with Crippen LogP contribution in [-0.2, 0) is 10.9 Å². The number of nitro benzene ring substituents is 1. The van der Waals surface area contributed by atoms with Crippen molar-refractivity contribution in [3.63, 3.8) is 0 Å². The Labute approximate surface area is 115 Å². The number of hydrogen-bond donors (Lipinski definition) is 1. The second kappa shape index (κ2) is 7.16. The number of anilines is 1. The average Bonchev–Trinajstić information content (AvgIpc) is 2.36. The first-order valence-corrected chi connectivity index (χ1v) is 5.67. The number of benzene rings is 1. The fourth-order valence-corrected chi connectivity index (χ4v) is 1.46. The van der Waals surface area contributed by atoms with Crippen LogP contribution >= 0.6 is 0 Å². The third-order valence-electron chi connectivity index (χ3n) is 2.33.